The van der Waals surface area contributed by atoms with Gasteiger partial charge in [-0.3, -0.25) is 14.6 Å². The first-order chi connectivity index (χ1) is 13.6. The third-order valence-electron chi connectivity index (χ3n) is 4.82. The predicted molar refractivity (Wildman–Crippen MR) is 109 cm³/mol. The van der Waals surface area contributed by atoms with Crippen LogP contribution in [0.25, 0.3) is 10.2 Å². The maximum absolute atomic E-state index is 13.0. The van der Waals surface area contributed by atoms with Gasteiger partial charge in [-0.1, -0.05) is 28.1 Å². The molecule has 7 nitrogen and oxygen atoms in total. The molecule has 0 radical (unpaired) electrons. The molecule has 1 amide bonds. The Morgan fingerprint density at radius 2 is 2.14 bits per heavy atom. The fourth-order valence-corrected chi connectivity index (χ4v) is 4.43. The van der Waals surface area contributed by atoms with Gasteiger partial charge >= 0.3 is 0 Å². The molecule has 28 heavy (non-hydrogen) atoms. The normalized spacial score (nSPS) is 15.2. The second kappa shape index (κ2) is 8.57. The summed E-state index contributed by atoms with van der Waals surface area (Å²) in [4.78, 5) is 21.8. The van der Waals surface area contributed by atoms with Crippen molar-refractivity contribution in [3.63, 3.8) is 0 Å². The summed E-state index contributed by atoms with van der Waals surface area (Å²) in [5, 5.41) is 4.98. The van der Waals surface area contributed by atoms with Gasteiger partial charge in [0, 0.05) is 37.3 Å². The Labute approximate surface area is 171 Å². The number of ether oxygens (including phenoxy) is 1. The highest BCUT2D eigenvalue weighted by Crippen LogP contribution is 2.34. The number of morpholine rings is 1. The van der Waals surface area contributed by atoms with Crippen LogP contribution in [-0.2, 0) is 4.74 Å². The van der Waals surface area contributed by atoms with Gasteiger partial charge in [-0.25, -0.2) is 4.98 Å². The fraction of sp³-hybridized carbons (Fsp3) is 0.421. The number of benzene rings is 1. The van der Waals surface area contributed by atoms with Crippen LogP contribution in [0.1, 0.15) is 22.5 Å². The quantitative estimate of drug-likeness (QED) is 0.606. The topological polar surface area (TPSA) is 71.7 Å². The van der Waals surface area contributed by atoms with Gasteiger partial charge in [0.15, 0.2) is 5.13 Å². The Balaban J connectivity index is 1.57. The van der Waals surface area contributed by atoms with E-state index >= 15 is 0 Å². The van der Waals surface area contributed by atoms with Crippen molar-refractivity contribution in [1.29, 1.82) is 0 Å². The summed E-state index contributed by atoms with van der Waals surface area (Å²) in [5.74, 6) is -0.0253. The van der Waals surface area contributed by atoms with Gasteiger partial charge in [-0.2, -0.15) is 0 Å². The summed E-state index contributed by atoms with van der Waals surface area (Å²) >= 11 is 7.71. The van der Waals surface area contributed by atoms with Crippen LogP contribution in [-0.4, -0.2) is 60.3 Å². The third-order valence-corrected chi connectivity index (χ3v) is 6.27. The van der Waals surface area contributed by atoms with Gasteiger partial charge in [0.05, 0.1) is 29.6 Å². The number of carbonyl (C=O) groups excluding carboxylic acids is 1. The number of anilines is 1. The Morgan fingerprint density at radius 1 is 1.32 bits per heavy atom. The second-order valence-corrected chi connectivity index (χ2v) is 8.07. The molecule has 3 aromatic rings. The highest BCUT2D eigenvalue weighted by Gasteiger charge is 2.24. The standard InChI is InChI=1S/C19H21ClN4O3S/c1-13-14(20)3-4-16-17(13)22-19(28-16)24(18(25)15-5-6-21-27-15)8-2-7-23-9-11-26-12-10-23/h3-6H,2,7-12H2,1H3. The minimum Gasteiger partial charge on any atom is -0.379 e. The SMILES string of the molecule is Cc1c(Cl)ccc2sc(N(CCCN3CCOCC3)C(=O)c3ccno3)nc12. The first-order valence-electron chi connectivity index (χ1n) is 9.22. The molecule has 1 fully saturated rings. The average molecular weight is 421 g/mol. The molecule has 9 heteroatoms. The van der Waals surface area contributed by atoms with Gasteiger partial charge in [0.25, 0.3) is 5.91 Å². The molecule has 0 bridgehead atoms. The highest BCUT2D eigenvalue weighted by atomic mass is 35.5. The molecule has 0 N–H and O–H groups in total. The molecule has 1 aliphatic heterocycles. The Kier molecular flexibility index (Phi) is 5.91. The molecule has 1 saturated heterocycles. The average Bonchev–Trinajstić information content (AvgIpc) is 3.39. The van der Waals surface area contributed by atoms with E-state index in [9.17, 15) is 4.79 Å². The molecule has 3 heterocycles. The molecular weight excluding hydrogens is 400 g/mol. The van der Waals surface area contributed by atoms with Gasteiger partial charge in [0.1, 0.15) is 0 Å². The molecule has 0 spiro atoms. The van der Waals surface area contributed by atoms with Crippen molar-refractivity contribution in [2.75, 3.05) is 44.3 Å². The van der Waals surface area contributed by atoms with Crippen molar-refractivity contribution in [2.24, 2.45) is 0 Å². The van der Waals surface area contributed by atoms with E-state index in [1.165, 1.54) is 17.5 Å². The molecule has 0 atom stereocenters. The lowest BCUT2D eigenvalue weighted by Gasteiger charge is -2.27. The Hall–Kier alpha value is -2.00. The monoisotopic (exact) mass is 420 g/mol. The number of rotatable bonds is 6. The number of hydrogen-bond donors (Lipinski definition) is 0. The maximum Gasteiger partial charge on any atom is 0.298 e. The van der Waals surface area contributed by atoms with E-state index in [0.29, 0.717) is 16.7 Å². The van der Waals surface area contributed by atoms with Gasteiger partial charge in [0.2, 0.25) is 5.76 Å². The number of aryl methyl sites for hydroxylation is 1. The van der Waals surface area contributed by atoms with E-state index in [1.807, 2.05) is 19.1 Å². The van der Waals surface area contributed by atoms with Gasteiger partial charge in [-0.15, -0.1) is 0 Å². The van der Waals surface area contributed by atoms with Crippen LogP contribution < -0.4 is 4.90 Å². The van der Waals surface area contributed by atoms with E-state index in [2.05, 4.69) is 10.1 Å². The summed E-state index contributed by atoms with van der Waals surface area (Å²) in [6, 6.07) is 5.38. The number of aromatic nitrogens is 2. The highest BCUT2D eigenvalue weighted by molar-refractivity contribution is 7.22. The number of thiazole rings is 1. The van der Waals surface area contributed by atoms with E-state index in [1.54, 1.807) is 11.0 Å². The van der Waals surface area contributed by atoms with Gasteiger partial charge in [-0.05, 0) is 31.0 Å². The van der Waals surface area contributed by atoms with Crippen molar-refractivity contribution in [1.82, 2.24) is 15.0 Å². The van der Waals surface area contributed by atoms with E-state index in [4.69, 9.17) is 25.8 Å². The minimum atomic E-state index is -0.234. The summed E-state index contributed by atoms with van der Waals surface area (Å²) in [7, 11) is 0. The molecule has 0 saturated carbocycles. The second-order valence-electron chi connectivity index (χ2n) is 6.66. The number of carbonyl (C=O) groups is 1. The van der Waals surface area contributed by atoms with E-state index in [-0.39, 0.29) is 11.7 Å². The summed E-state index contributed by atoms with van der Waals surface area (Å²) in [5.41, 5.74) is 1.75. The van der Waals surface area contributed by atoms with Crippen molar-refractivity contribution in [2.45, 2.75) is 13.3 Å². The largest absolute Gasteiger partial charge is 0.379 e. The van der Waals surface area contributed by atoms with Crippen molar-refractivity contribution in [3.8, 4) is 0 Å². The fourth-order valence-electron chi connectivity index (χ4n) is 3.22. The van der Waals surface area contributed by atoms with Crippen LogP contribution in [0, 0.1) is 6.92 Å². The molecule has 148 valence electrons. The van der Waals surface area contributed by atoms with Crippen LogP contribution in [0.15, 0.2) is 28.9 Å². The molecule has 1 aliphatic rings. The number of fused-ring (bicyclic) bond motifs is 1. The molecule has 0 aliphatic carbocycles. The van der Waals surface area contributed by atoms with Crippen LogP contribution >= 0.6 is 22.9 Å². The van der Waals surface area contributed by atoms with Crippen LogP contribution in [0.4, 0.5) is 5.13 Å². The zero-order valence-electron chi connectivity index (χ0n) is 15.6. The third kappa shape index (κ3) is 4.05. The lowest BCUT2D eigenvalue weighted by atomic mass is 10.2. The molecular formula is C19H21ClN4O3S. The van der Waals surface area contributed by atoms with Crippen LogP contribution in [0.3, 0.4) is 0 Å². The zero-order chi connectivity index (χ0) is 19.5. The summed E-state index contributed by atoms with van der Waals surface area (Å²) in [6.45, 7) is 6.76. The predicted octanol–water partition coefficient (Wildman–Crippen LogP) is 3.62. The van der Waals surface area contributed by atoms with Crippen molar-refractivity contribution in [3.05, 3.63) is 40.7 Å². The lowest BCUT2D eigenvalue weighted by molar-refractivity contribution is 0.0376. The van der Waals surface area contributed by atoms with Gasteiger partial charge < -0.3 is 9.26 Å². The van der Waals surface area contributed by atoms with E-state index < -0.39 is 0 Å². The number of hydrogen-bond acceptors (Lipinski definition) is 7. The van der Waals surface area contributed by atoms with Crippen molar-refractivity contribution < 1.29 is 14.1 Å². The van der Waals surface area contributed by atoms with Crippen molar-refractivity contribution >= 4 is 44.2 Å². The zero-order valence-corrected chi connectivity index (χ0v) is 17.1. The Morgan fingerprint density at radius 3 is 2.89 bits per heavy atom. The maximum atomic E-state index is 13.0. The first-order valence-corrected chi connectivity index (χ1v) is 10.4. The number of nitrogens with zero attached hydrogens (tertiary/aromatic N) is 4. The minimum absolute atomic E-state index is 0.209. The molecule has 4 rings (SSSR count). The van der Waals surface area contributed by atoms with E-state index in [0.717, 1.165) is 55.0 Å². The number of amides is 1. The number of halogens is 1. The first kappa shape index (κ1) is 19.3. The van der Waals surface area contributed by atoms with Crippen LogP contribution in [0.5, 0.6) is 0 Å². The smallest absolute Gasteiger partial charge is 0.298 e. The molecule has 1 aromatic carbocycles. The Bertz CT molecular complexity index is 954. The summed E-state index contributed by atoms with van der Waals surface area (Å²) in [6.07, 6.45) is 2.30. The van der Waals surface area contributed by atoms with Crippen LogP contribution in [0.2, 0.25) is 5.02 Å². The molecule has 0 unspecified atom stereocenters. The summed E-state index contributed by atoms with van der Waals surface area (Å²) < 4.78 is 11.5. The molecule has 2 aromatic heterocycles. The lowest BCUT2D eigenvalue weighted by Crippen LogP contribution is -2.39.